The number of amides is 1. The zero-order valence-corrected chi connectivity index (χ0v) is 21.8. The van der Waals surface area contributed by atoms with Crippen LogP contribution in [0.5, 0.6) is 0 Å². The third kappa shape index (κ3) is 5.51. The van der Waals surface area contributed by atoms with Crippen LogP contribution in [0.3, 0.4) is 0 Å². The van der Waals surface area contributed by atoms with E-state index < -0.39 is 29.8 Å². The standard InChI is InChI=1S/C24H27Cl2F3N2O2S/c1-14-8-15(6-7-19(14)21(32)30-22(2,3)13-34-5)20-12-23(24(27,28)29,33-31(20)4)16-9-17(25)11-18(26)10-16/h6-11,20H,12-13H2,1-5H3,(H,30,32). The molecule has 0 radical (unpaired) electrons. The number of hydrogen-bond acceptors (Lipinski definition) is 4. The molecule has 2 aromatic carbocycles. The first-order chi connectivity index (χ1) is 15.7. The molecule has 3 rings (SSSR count). The van der Waals surface area contributed by atoms with Crippen molar-refractivity contribution in [2.45, 2.75) is 50.6 Å². The predicted octanol–water partition coefficient (Wildman–Crippen LogP) is 6.94. The lowest BCUT2D eigenvalue weighted by Crippen LogP contribution is -2.45. The second-order valence-electron chi connectivity index (χ2n) is 9.19. The Morgan fingerprint density at radius 2 is 1.82 bits per heavy atom. The maximum atomic E-state index is 14.4. The Hall–Kier alpha value is -1.45. The van der Waals surface area contributed by atoms with Crippen LogP contribution in [0.15, 0.2) is 36.4 Å². The smallest absolute Gasteiger partial charge is 0.346 e. The molecule has 2 unspecified atom stereocenters. The molecular formula is C24H27Cl2F3N2O2S. The third-order valence-corrected chi connectivity index (χ3v) is 7.29. The Labute approximate surface area is 212 Å². The minimum absolute atomic E-state index is 0.0939. The molecule has 0 saturated carbocycles. The Morgan fingerprint density at radius 3 is 2.35 bits per heavy atom. The van der Waals surface area contributed by atoms with Crippen molar-refractivity contribution in [3.63, 3.8) is 0 Å². The topological polar surface area (TPSA) is 41.6 Å². The van der Waals surface area contributed by atoms with Crippen LogP contribution in [-0.2, 0) is 10.4 Å². The summed E-state index contributed by atoms with van der Waals surface area (Å²) < 4.78 is 43.2. The first kappa shape index (κ1) is 27.1. The number of hydroxylamine groups is 2. The zero-order chi connectivity index (χ0) is 25.5. The summed E-state index contributed by atoms with van der Waals surface area (Å²) in [4.78, 5) is 18.3. The number of thioether (sulfide) groups is 1. The van der Waals surface area contributed by atoms with Gasteiger partial charge in [0.1, 0.15) is 0 Å². The molecule has 1 saturated heterocycles. The van der Waals surface area contributed by atoms with Gasteiger partial charge < -0.3 is 5.32 Å². The lowest BCUT2D eigenvalue weighted by Gasteiger charge is -2.31. The fraction of sp³-hybridized carbons (Fsp3) is 0.458. The maximum Gasteiger partial charge on any atom is 0.423 e. The van der Waals surface area contributed by atoms with Crippen molar-refractivity contribution >= 4 is 40.9 Å². The Morgan fingerprint density at radius 1 is 1.21 bits per heavy atom. The van der Waals surface area contributed by atoms with Crippen molar-refractivity contribution in [1.29, 1.82) is 0 Å². The molecule has 1 fully saturated rings. The van der Waals surface area contributed by atoms with Gasteiger partial charge in [0.15, 0.2) is 0 Å². The van der Waals surface area contributed by atoms with E-state index in [4.69, 9.17) is 28.0 Å². The number of nitrogens with one attached hydrogen (secondary N) is 1. The lowest BCUT2D eigenvalue weighted by atomic mass is 9.85. The van der Waals surface area contributed by atoms with E-state index in [1.165, 1.54) is 30.3 Å². The third-order valence-electron chi connectivity index (χ3n) is 5.84. The summed E-state index contributed by atoms with van der Waals surface area (Å²) in [5, 5.41) is 4.40. The highest BCUT2D eigenvalue weighted by atomic mass is 35.5. The van der Waals surface area contributed by atoms with Crippen LogP contribution in [0.4, 0.5) is 13.2 Å². The van der Waals surface area contributed by atoms with Crippen LogP contribution < -0.4 is 5.32 Å². The molecule has 2 aromatic rings. The van der Waals surface area contributed by atoms with Crippen molar-refractivity contribution in [3.8, 4) is 0 Å². The first-order valence-corrected chi connectivity index (χ1v) is 12.7. The largest absolute Gasteiger partial charge is 0.423 e. The molecule has 1 N–H and O–H groups in total. The average molecular weight is 535 g/mol. The monoisotopic (exact) mass is 534 g/mol. The van der Waals surface area contributed by atoms with Crippen LogP contribution in [-0.4, -0.2) is 41.7 Å². The highest BCUT2D eigenvalue weighted by Crippen LogP contribution is 2.54. The molecule has 0 aromatic heterocycles. The van der Waals surface area contributed by atoms with Gasteiger partial charge in [0.2, 0.25) is 5.60 Å². The van der Waals surface area contributed by atoms with E-state index in [1.54, 1.807) is 36.9 Å². The molecule has 4 nitrogen and oxygen atoms in total. The summed E-state index contributed by atoms with van der Waals surface area (Å²) in [6.45, 7) is 5.65. The fourth-order valence-electron chi connectivity index (χ4n) is 4.28. The van der Waals surface area contributed by atoms with Crippen LogP contribution in [0, 0.1) is 6.92 Å². The molecule has 1 aliphatic rings. The van der Waals surface area contributed by atoms with Crippen LogP contribution in [0.2, 0.25) is 10.0 Å². The van der Waals surface area contributed by atoms with Crippen molar-refractivity contribution in [3.05, 3.63) is 68.7 Å². The van der Waals surface area contributed by atoms with Gasteiger partial charge in [-0.05, 0) is 68.0 Å². The molecule has 1 aliphatic heterocycles. The molecule has 10 heteroatoms. The van der Waals surface area contributed by atoms with Crippen molar-refractivity contribution in [1.82, 2.24) is 10.4 Å². The lowest BCUT2D eigenvalue weighted by molar-refractivity contribution is -0.322. The maximum absolute atomic E-state index is 14.4. The number of halogens is 5. The summed E-state index contributed by atoms with van der Waals surface area (Å²) in [6.07, 6.45) is -3.15. The van der Waals surface area contributed by atoms with E-state index in [0.29, 0.717) is 16.7 Å². The number of nitrogens with zero attached hydrogens (tertiary/aromatic N) is 1. The quantitative estimate of drug-likeness (QED) is 0.435. The Bertz CT molecular complexity index is 1060. The normalized spacial score (nSPS) is 21.6. The Kier molecular flexibility index (Phi) is 7.90. The zero-order valence-electron chi connectivity index (χ0n) is 19.5. The molecule has 0 spiro atoms. The second-order valence-corrected chi connectivity index (χ2v) is 10.9. The molecule has 0 aliphatic carbocycles. The van der Waals surface area contributed by atoms with Gasteiger partial charge in [0.25, 0.3) is 5.91 Å². The number of hydrogen-bond donors (Lipinski definition) is 1. The second kappa shape index (κ2) is 9.90. The number of carbonyl (C=O) groups excluding carboxylic acids is 1. The average Bonchev–Trinajstić information content (AvgIpc) is 3.05. The van der Waals surface area contributed by atoms with E-state index in [-0.39, 0.29) is 21.5 Å². The van der Waals surface area contributed by atoms with Gasteiger partial charge >= 0.3 is 6.18 Å². The fourth-order valence-corrected chi connectivity index (χ4v) is 5.60. The highest BCUT2D eigenvalue weighted by molar-refractivity contribution is 7.98. The van der Waals surface area contributed by atoms with Gasteiger partial charge in [-0.15, -0.1) is 0 Å². The summed E-state index contributed by atoms with van der Waals surface area (Å²) >= 11 is 13.6. The predicted molar refractivity (Wildman–Crippen MR) is 132 cm³/mol. The van der Waals surface area contributed by atoms with Crippen LogP contribution in [0.1, 0.15) is 53.4 Å². The molecule has 2 atom stereocenters. The number of rotatable bonds is 6. The molecular weight excluding hydrogens is 508 g/mol. The number of alkyl halides is 3. The van der Waals surface area contributed by atoms with Crippen LogP contribution in [0.25, 0.3) is 0 Å². The van der Waals surface area contributed by atoms with Gasteiger partial charge in [-0.3, -0.25) is 9.63 Å². The minimum atomic E-state index is -4.72. The van der Waals surface area contributed by atoms with Crippen molar-refractivity contribution < 1.29 is 22.8 Å². The van der Waals surface area contributed by atoms with Crippen LogP contribution >= 0.6 is 35.0 Å². The summed E-state index contributed by atoms with van der Waals surface area (Å²) in [5.74, 6) is 0.518. The van der Waals surface area contributed by atoms with Crippen molar-refractivity contribution in [2.75, 3.05) is 19.1 Å². The number of benzene rings is 2. The highest BCUT2D eigenvalue weighted by Gasteiger charge is 2.63. The number of aryl methyl sites for hydroxylation is 1. The molecule has 1 amide bonds. The molecule has 186 valence electrons. The van der Waals surface area contributed by atoms with Gasteiger partial charge in [-0.2, -0.15) is 30.0 Å². The van der Waals surface area contributed by atoms with E-state index in [9.17, 15) is 18.0 Å². The van der Waals surface area contributed by atoms with Gasteiger partial charge in [-0.25, -0.2) is 0 Å². The van der Waals surface area contributed by atoms with E-state index >= 15 is 0 Å². The number of carbonyl (C=O) groups is 1. The van der Waals surface area contributed by atoms with E-state index in [1.807, 2.05) is 20.1 Å². The minimum Gasteiger partial charge on any atom is -0.346 e. The molecule has 0 bridgehead atoms. The van der Waals surface area contributed by atoms with Gasteiger partial charge in [0.05, 0.1) is 6.04 Å². The Balaban J connectivity index is 1.93. The molecule has 34 heavy (non-hydrogen) atoms. The van der Waals surface area contributed by atoms with E-state index in [0.717, 1.165) is 5.75 Å². The van der Waals surface area contributed by atoms with Gasteiger partial charge in [-0.1, -0.05) is 35.3 Å². The van der Waals surface area contributed by atoms with Crippen molar-refractivity contribution in [2.24, 2.45) is 0 Å². The molecule has 1 heterocycles. The van der Waals surface area contributed by atoms with Gasteiger partial charge in [0, 0.05) is 40.4 Å². The summed E-state index contributed by atoms with van der Waals surface area (Å²) in [5.41, 5.74) is -1.41. The van der Waals surface area contributed by atoms with E-state index in [2.05, 4.69) is 5.32 Å². The first-order valence-electron chi connectivity index (χ1n) is 10.6. The summed E-state index contributed by atoms with van der Waals surface area (Å²) in [6, 6.07) is 8.18. The summed E-state index contributed by atoms with van der Waals surface area (Å²) in [7, 11) is 1.46. The SMILES string of the molecule is CSCC(C)(C)NC(=O)c1ccc(C2CC(c3cc(Cl)cc(Cl)c3)(C(F)(F)F)ON2C)cc1C.